The van der Waals surface area contributed by atoms with E-state index in [1.54, 1.807) is 6.20 Å². The first-order chi connectivity index (χ1) is 9.86. The Morgan fingerprint density at radius 2 is 2.10 bits per heavy atom. The van der Waals surface area contributed by atoms with Gasteiger partial charge in [-0.05, 0) is 43.1 Å². The van der Waals surface area contributed by atoms with Crippen LogP contribution in [0.25, 0.3) is 5.69 Å². The number of nitrogens with zero attached hydrogens (tertiary/aromatic N) is 3. The van der Waals surface area contributed by atoms with Crippen molar-refractivity contribution in [3.63, 3.8) is 0 Å². The minimum atomic E-state index is 0.0922. The lowest BCUT2D eigenvalue weighted by Gasteiger charge is -2.32. The van der Waals surface area contributed by atoms with Crippen LogP contribution in [0.5, 0.6) is 0 Å². The van der Waals surface area contributed by atoms with E-state index in [2.05, 4.69) is 34.3 Å². The number of aromatic nitrogens is 2. The molecule has 1 saturated heterocycles. The topological polar surface area (TPSA) is 38.1 Å². The number of hydrogen-bond donors (Lipinski definition) is 0. The van der Waals surface area contributed by atoms with Crippen molar-refractivity contribution in [2.24, 2.45) is 0 Å². The summed E-state index contributed by atoms with van der Waals surface area (Å²) in [4.78, 5) is 13.4. The molecule has 0 aliphatic carbocycles. The van der Waals surface area contributed by atoms with Crippen LogP contribution in [-0.2, 0) is 11.3 Å². The van der Waals surface area contributed by atoms with Crippen LogP contribution in [0, 0.1) is 0 Å². The normalized spacial score (nSPS) is 19.9. The molecule has 1 unspecified atom stereocenters. The highest BCUT2D eigenvalue weighted by Crippen LogP contribution is 2.19. The monoisotopic (exact) mass is 269 g/mol. The molecule has 104 valence electrons. The van der Waals surface area contributed by atoms with Gasteiger partial charge in [-0.2, -0.15) is 5.10 Å². The lowest BCUT2D eigenvalue weighted by molar-refractivity contribution is -0.113. The third-order valence-corrected chi connectivity index (χ3v) is 3.91. The average molecular weight is 269 g/mol. The van der Waals surface area contributed by atoms with Gasteiger partial charge in [0.1, 0.15) is 6.29 Å². The lowest BCUT2D eigenvalue weighted by atomic mass is 10.0. The van der Waals surface area contributed by atoms with E-state index in [1.165, 1.54) is 12.0 Å². The fraction of sp³-hybridized carbons (Fsp3) is 0.375. The smallest absolute Gasteiger partial charge is 0.137 e. The molecule has 0 spiro atoms. The molecule has 4 nitrogen and oxygen atoms in total. The van der Waals surface area contributed by atoms with Crippen LogP contribution in [0.4, 0.5) is 0 Å². The SMILES string of the molecule is O=CC1CCCCN1Cc1ccc(-n2cccn2)cc1. The van der Waals surface area contributed by atoms with Crippen LogP contribution in [0.2, 0.25) is 0 Å². The summed E-state index contributed by atoms with van der Waals surface area (Å²) in [5.74, 6) is 0. The number of piperidine rings is 1. The number of hydrogen-bond acceptors (Lipinski definition) is 3. The van der Waals surface area contributed by atoms with E-state index in [0.29, 0.717) is 0 Å². The van der Waals surface area contributed by atoms with E-state index in [0.717, 1.165) is 37.9 Å². The number of carbonyl (C=O) groups is 1. The third kappa shape index (κ3) is 2.80. The van der Waals surface area contributed by atoms with E-state index in [1.807, 2.05) is 16.9 Å². The van der Waals surface area contributed by atoms with Gasteiger partial charge >= 0.3 is 0 Å². The van der Waals surface area contributed by atoms with Gasteiger partial charge in [0.05, 0.1) is 11.7 Å². The lowest BCUT2D eigenvalue weighted by Crippen LogP contribution is -2.39. The Morgan fingerprint density at radius 1 is 1.25 bits per heavy atom. The highest BCUT2D eigenvalue weighted by molar-refractivity contribution is 5.57. The molecule has 4 heteroatoms. The Kier molecular flexibility index (Phi) is 3.92. The molecular weight excluding hydrogens is 250 g/mol. The largest absolute Gasteiger partial charge is 0.302 e. The molecule has 3 rings (SSSR count). The van der Waals surface area contributed by atoms with Gasteiger partial charge in [0.15, 0.2) is 0 Å². The Bertz CT molecular complexity index is 548. The molecule has 1 aromatic heterocycles. The molecule has 1 fully saturated rings. The van der Waals surface area contributed by atoms with Crippen molar-refractivity contribution < 1.29 is 4.79 Å². The van der Waals surface area contributed by atoms with Crippen LogP contribution >= 0.6 is 0 Å². The van der Waals surface area contributed by atoms with Crippen LogP contribution in [-0.4, -0.2) is 33.6 Å². The van der Waals surface area contributed by atoms with Crippen molar-refractivity contribution in [3.05, 3.63) is 48.3 Å². The predicted octanol–water partition coefficient (Wildman–Crippen LogP) is 2.43. The highest BCUT2D eigenvalue weighted by Gasteiger charge is 2.21. The first-order valence-electron chi connectivity index (χ1n) is 7.15. The molecule has 1 aromatic carbocycles. The summed E-state index contributed by atoms with van der Waals surface area (Å²) in [6, 6.07) is 10.4. The fourth-order valence-corrected chi connectivity index (χ4v) is 2.78. The molecule has 2 aromatic rings. The fourth-order valence-electron chi connectivity index (χ4n) is 2.78. The number of aldehydes is 1. The Labute approximate surface area is 119 Å². The van der Waals surface area contributed by atoms with Gasteiger partial charge in [-0.1, -0.05) is 18.6 Å². The molecule has 0 amide bonds. The van der Waals surface area contributed by atoms with E-state index >= 15 is 0 Å². The Hall–Kier alpha value is -1.94. The molecular formula is C16H19N3O. The maximum atomic E-state index is 11.1. The van der Waals surface area contributed by atoms with Crippen LogP contribution in [0.15, 0.2) is 42.7 Å². The molecule has 1 atom stereocenters. The van der Waals surface area contributed by atoms with Crippen LogP contribution < -0.4 is 0 Å². The molecule has 2 heterocycles. The summed E-state index contributed by atoms with van der Waals surface area (Å²) in [7, 11) is 0. The molecule has 1 aliphatic rings. The molecule has 20 heavy (non-hydrogen) atoms. The number of rotatable bonds is 4. The summed E-state index contributed by atoms with van der Waals surface area (Å²) in [6.45, 7) is 1.87. The average Bonchev–Trinajstić information content (AvgIpc) is 3.03. The van der Waals surface area contributed by atoms with Crippen molar-refractivity contribution >= 4 is 6.29 Å². The number of likely N-dealkylation sites (tertiary alicyclic amines) is 1. The second-order valence-corrected chi connectivity index (χ2v) is 5.29. The number of benzene rings is 1. The molecule has 0 saturated carbocycles. The molecule has 1 aliphatic heterocycles. The minimum Gasteiger partial charge on any atom is -0.302 e. The summed E-state index contributed by atoms with van der Waals surface area (Å²) in [6.07, 6.45) is 8.15. The maximum Gasteiger partial charge on any atom is 0.137 e. The van der Waals surface area contributed by atoms with Gasteiger partial charge in [0.2, 0.25) is 0 Å². The quantitative estimate of drug-likeness (QED) is 0.800. The zero-order chi connectivity index (χ0) is 13.8. The van der Waals surface area contributed by atoms with E-state index in [9.17, 15) is 4.79 Å². The first-order valence-corrected chi connectivity index (χ1v) is 7.15. The van der Waals surface area contributed by atoms with Gasteiger partial charge in [-0.25, -0.2) is 4.68 Å². The van der Waals surface area contributed by atoms with Gasteiger partial charge in [-0.3, -0.25) is 4.90 Å². The van der Waals surface area contributed by atoms with Crippen LogP contribution in [0.1, 0.15) is 24.8 Å². The summed E-state index contributed by atoms with van der Waals surface area (Å²) >= 11 is 0. The Balaban J connectivity index is 1.70. The van der Waals surface area contributed by atoms with Crippen molar-refractivity contribution in [1.29, 1.82) is 0 Å². The predicted molar refractivity (Wildman–Crippen MR) is 77.7 cm³/mol. The van der Waals surface area contributed by atoms with E-state index in [-0.39, 0.29) is 6.04 Å². The van der Waals surface area contributed by atoms with Crippen LogP contribution in [0.3, 0.4) is 0 Å². The molecule has 0 N–H and O–H groups in total. The number of carbonyl (C=O) groups excluding carboxylic acids is 1. The molecule has 0 bridgehead atoms. The van der Waals surface area contributed by atoms with Gasteiger partial charge in [0.25, 0.3) is 0 Å². The van der Waals surface area contributed by atoms with E-state index in [4.69, 9.17) is 0 Å². The molecule has 0 radical (unpaired) electrons. The van der Waals surface area contributed by atoms with Crippen molar-refractivity contribution in [3.8, 4) is 5.69 Å². The third-order valence-electron chi connectivity index (χ3n) is 3.91. The highest BCUT2D eigenvalue weighted by atomic mass is 16.1. The summed E-state index contributed by atoms with van der Waals surface area (Å²) in [5.41, 5.74) is 2.30. The Morgan fingerprint density at radius 3 is 2.80 bits per heavy atom. The first kappa shape index (κ1) is 13.1. The zero-order valence-electron chi connectivity index (χ0n) is 11.5. The zero-order valence-corrected chi connectivity index (χ0v) is 11.5. The maximum absolute atomic E-state index is 11.1. The van der Waals surface area contributed by atoms with Crippen molar-refractivity contribution in [2.75, 3.05) is 6.54 Å². The standard InChI is InChI=1S/C16H19N3O/c20-13-16-4-1-2-10-18(16)12-14-5-7-15(8-6-14)19-11-3-9-17-19/h3,5-9,11,13,16H,1-2,4,10,12H2. The van der Waals surface area contributed by atoms with Crippen molar-refractivity contribution in [2.45, 2.75) is 31.8 Å². The van der Waals surface area contributed by atoms with Gasteiger partial charge in [0, 0.05) is 18.9 Å². The summed E-state index contributed by atoms with van der Waals surface area (Å²) < 4.78 is 1.85. The second-order valence-electron chi connectivity index (χ2n) is 5.29. The van der Waals surface area contributed by atoms with E-state index < -0.39 is 0 Å². The van der Waals surface area contributed by atoms with Crippen molar-refractivity contribution in [1.82, 2.24) is 14.7 Å². The summed E-state index contributed by atoms with van der Waals surface area (Å²) in [5, 5.41) is 4.22. The van der Waals surface area contributed by atoms with Gasteiger partial charge < -0.3 is 4.79 Å². The van der Waals surface area contributed by atoms with Gasteiger partial charge in [-0.15, -0.1) is 0 Å². The second kappa shape index (κ2) is 6.01. The minimum absolute atomic E-state index is 0.0922.